The Balaban J connectivity index is 1.30. The van der Waals surface area contributed by atoms with E-state index in [4.69, 9.17) is 9.26 Å². The molecule has 138 valence electrons. The van der Waals surface area contributed by atoms with Gasteiger partial charge in [0.15, 0.2) is 5.82 Å². The SMILES string of the molecule is O=C(c1ccccc1)N1CCC(c2noc(COCc3ccccc3)n2)C1. The Morgan fingerprint density at radius 3 is 2.59 bits per heavy atom. The molecular weight excluding hydrogens is 342 g/mol. The Morgan fingerprint density at radius 2 is 1.81 bits per heavy atom. The van der Waals surface area contributed by atoms with Gasteiger partial charge in [0.2, 0.25) is 0 Å². The molecule has 1 aliphatic rings. The zero-order valence-corrected chi connectivity index (χ0v) is 15.0. The summed E-state index contributed by atoms with van der Waals surface area (Å²) in [7, 11) is 0. The largest absolute Gasteiger partial charge is 0.367 e. The molecule has 1 unspecified atom stereocenters. The smallest absolute Gasteiger partial charge is 0.253 e. The zero-order valence-electron chi connectivity index (χ0n) is 15.0. The molecule has 0 radical (unpaired) electrons. The number of carbonyl (C=O) groups excluding carboxylic acids is 1. The van der Waals surface area contributed by atoms with Crippen LogP contribution in [0.15, 0.2) is 65.2 Å². The van der Waals surface area contributed by atoms with Gasteiger partial charge in [0, 0.05) is 24.6 Å². The zero-order chi connectivity index (χ0) is 18.5. The Hall–Kier alpha value is -2.99. The number of hydrogen-bond acceptors (Lipinski definition) is 5. The number of rotatable bonds is 6. The second-order valence-electron chi connectivity index (χ2n) is 6.63. The number of benzene rings is 2. The summed E-state index contributed by atoms with van der Waals surface area (Å²) in [6.07, 6.45) is 0.836. The molecule has 2 aromatic carbocycles. The highest BCUT2D eigenvalue weighted by atomic mass is 16.5. The number of aromatic nitrogens is 2. The minimum Gasteiger partial charge on any atom is -0.367 e. The maximum Gasteiger partial charge on any atom is 0.253 e. The maximum atomic E-state index is 12.5. The highest BCUT2D eigenvalue weighted by Gasteiger charge is 2.30. The van der Waals surface area contributed by atoms with Crippen molar-refractivity contribution in [3.05, 3.63) is 83.5 Å². The van der Waals surface area contributed by atoms with Crippen LogP contribution in [0.3, 0.4) is 0 Å². The summed E-state index contributed by atoms with van der Waals surface area (Å²) >= 11 is 0. The minimum atomic E-state index is 0.0491. The molecule has 1 aliphatic heterocycles. The van der Waals surface area contributed by atoms with Gasteiger partial charge in [0.1, 0.15) is 6.61 Å². The molecule has 1 atom stereocenters. The van der Waals surface area contributed by atoms with Gasteiger partial charge in [-0.15, -0.1) is 0 Å². The Kier molecular flexibility index (Phi) is 5.25. The molecule has 1 aromatic heterocycles. The van der Waals surface area contributed by atoms with Gasteiger partial charge in [-0.25, -0.2) is 0 Å². The van der Waals surface area contributed by atoms with Gasteiger partial charge >= 0.3 is 0 Å². The van der Waals surface area contributed by atoms with Gasteiger partial charge in [0.25, 0.3) is 11.8 Å². The number of nitrogens with zero attached hydrogens (tertiary/aromatic N) is 3. The van der Waals surface area contributed by atoms with Gasteiger partial charge in [-0.1, -0.05) is 53.7 Å². The third-order valence-electron chi connectivity index (χ3n) is 4.68. The number of amides is 1. The third-order valence-corrected chi connectivity index (χ3v) is 4.68. The quantitative estimate of drug-likeness (QED) is 0.671. The fourth-order valence-electron chi connectivity index (χ4n) is 3.24. The summed E-state index contributed by atoms with van der Waals surface area (Å²) in [6.45, 7) is 2.09. The van der Waals surface area contributed by atoms with Crippen molar-refractivity contribution in [1.82, 2.24) is 15.0 Å². The summed E-state index contributed by atoms with van der Waals surface area (Å²) in [5, 5.41) is 4.09. The average Bonchev–Trinajstić information content (AvgIpc) is 3.38. The monoisotopic (exact) mass is 363 g/mol. The van der Waals surface area contributed by atoms with Crippen LogP contribution in [-0.4, -0.2) is 34.0 Å². The fourth-order valence-corrected chi connectivity index (χ4v) is 3.24. The van der Waals surface area contributed by atoms with Crippen molar-refractivity contribution in [3.63, 3.8) is 0 Å². The lowest BCUT2D eigenvalue weighted by Crippen LogP contribution is -2.28. The standard InChI is InChI=1S/C21H21N3O3/c25-21(17-9-5-2-6-10-17)24-12-11-18(13-24)20-22-19(27-23-20)15-26-14-16-7-3-1-4-8-16/h1-10,18H,11-15H2. The van der Waals surface area contributed by atoms with Crippen molar-refractivity contribution < 1.29 is 14.1 Å². The first-order valence-electron chi connectivity index (χ1n) is 9.08. The lowest BCUT2D eigenvalue weighted by molar-refractivity contribution is 0.0790. The molecule has 3 aromatic rings. The Bertz CT molecular complexity index is 880. The minimum absolute atomic E-state index is 0.0491. The van der Waals surface area contributed by atoms with Crippen molar-refractivity contribution in [2.24, 2.45) is 0 Å². The first kappa shape index (κ1) is 17.4. The van der Waals surface area contributed by atoms with Gasteiger partial charge in [-0.3, -0.25) is 4.79 Å². The van der Waals surface area contributed by atoms with E-state index in [1.165, 1.54) is 0 Å². The van der Waals surface area contributed by atoms with Crippen LogP contribution >= 0.6 is 0 Å². The van der Waals surface area contributed by atoms with E-state index in [9.17, 15) is 4.79 Å². The second kappa shape index (κ2) is 8.14. The first-order chi connectivity index (χ1) is 13.3. The van der Waals surface area contributed by atoms with Crippen molar-refractivity contribution >= 4 is 5.91 Å². The van der Waals surface area contributed by atoms with Crippen molar-refractivity contribution in [3.8, 4) is 0 Å². The van der Waals surface area contributed by atoms with Gasteiger partial charge in [-0.05, 0) is 24.1 Å². The van der Waals surface area contributed by atoms with Crippen LogP contribution in [0.1, 0.15) is 40.0 Å². The van der Waals surface area contributed by atoms with E-state index in [1.54, 1.807) is 0 Å². The Labute approximate surface area is 157 Å². The molecule has 27 heavy (non-hydrogen) atoms. The lowest BCUT2D eigenvalue weighted by Gasteiger charge is -2.15. The fraction of sp³-hybridized carbons (Fsp3) is 0.286. The van der Waals surface area contributed by atoms with Crippen molar-refractivity contribution in [2.45, 2.75) is 25.6 Å². The number of likely N-dealkylation sites (tertiary alicyclic amines) is 1. The van der Waals surface area contributed by atoms with Crippen LogP contribution in [0.5, 0.6) is 0 Å². The highest BCUT2D eigenvalue weighted by Crippen LogP contribution is 2.26. The highest BCUT2D eigenvalue weighted by molar-refractivity contribution is 5.94. The topological polar surface area (TPSA) is 68.5 Å². The van der Waals surface area contributed by atoms with Crippen molar-refractivity contribution in [2.75, 3.05) is 13.1 Å². The van der Waals surface area contributed by atoms with Crippen molar-refractivity contribution in [1.29, 1.82) is 0 Å². The summed E-state index contributed by atoms with van der Waals surface area (Å²) in [6, 6.07) is 19.3. The predicted molar refractivity (Wildman–Crippen MR) is 98.9 cm³/mol. The molecule has 0 spiro atoms. The average molecular weight is 363 g/mol. The molecule has 0 saturated carbocycles. The second-order valence-corrected chi connectivity index (χ2v) is 6.63. The molecule has 6 heteroatoms. The molecular formula is C21H21N3O3. The predicted octanol–water partition coefficient (Wildman–Crippen LogP) is 3.42. The molecule has 1 fully saturated rings. The molecule has 0 bridgehead atoms. The first-order valence-corrected chi connectivity index (χ1v) is 9.08. The molecule has 2 heterocycles. The van der Waals surface area contributed by atoms with Crippen LogP contribution < -0.4 is 0 Å². The van der Waals surface area contributed by atoms with E-state index in [-0.39, 0.29) is 18.4 Å². The Morgan fingerprint density at radius 1 is 1.07 bits per heavy atom. The van der Waals surface area contributed by atoms with Gasteiger partial charge < -0.3 is 14.2 Å². The van der Waals surface area contributed by atoms with Crippen LogP contribution in [0.25, 0.3) is 0 Å². The lowest BCUT2D eigenvalue weighted by atomic mass is 10.1. The number of carbonyl (C=O) groups is 1. The van der Waals surface area contributed by atoms with E-state index < -0.39 is 0 Å². The summed E-state index contributed by atoms with van der Waals surface area (Å²) < 4.78 is 10.9. The van der Waals surface area contributed by atoms with Crippen LogP contribution in [0.4, 0.5) is 0 Å². The number of ether oxygens (including phenoxy) is 1. The van der Waals surface area contributed by atoms with Crippen LogP contribution in [0.2, 0.25) is 0 Å². The van der Waals surface area contributed by atoms with E-state index in [0.29, 0.717) is 37.0 Å². The summed E-state index contributed by atoms with van der Waals surface area (Å²) in [4.78, 5) is 18.8. The third kappa shape index (κ3) is 4.23. The molecule has 0 N–H and O–H groups in total. The van der Waals surface area contributed by atoms with E-state index in [1.807, 2.05) is 65.6 Å². The van der Waals surface area contributed by atoms with E-state index in [2.05, 4.69) is 10.1 Å². The molecule has 4 rings (SSSR count). The molecule has 6 nitrogen and oxygen atoms in total. The van der Waals surface area contributed by atoms with E-state index in [0.717, 1.165) is 12.0 Å². The summed E-state index contributed by atoms with van der Waals surface area (Å²) in [5.74, 6) is 1.27. The molecule has 1 saturated heterocycles. The van der Waals surface area contributed by atoms with E-state index >= 15 is 0 Å². The summed E-state index contributed by atoms with van der Waals surface area (Å²) in [5.41, 5.74) is 1.81. The van der Waals surface area contributed by atoms with Crippen LogP contribution in [-0.2, 0) is 18.0 Å². The van der Waals surface area contributed by atoms with Gasteiger partial charge in [-0.2, -0.15) is 4.98 Å². The van der Waals surface area contributed by atoms with Crippen LogP contribution in [0, 0.1) is 0 Å². The molecule has 0 aliphatic carbocycles. The normalized spacial score (nSPS) is 16.6. The van der Waals surface area contributed by atoms with Gasteiger partial charge in [0.05, 0.1) is 6.61 Å². The molecule has 1 amide bonds. The number of hydrogen-bond donors (Lipinski definition) is 0. The maximum absolute atomic E-state index is 12.5.